The van der Waals surface area contributed by atoms with E-state index in [1.54, 1.807) is 30.1 Å². The van der Waals surface area contributed by atoms with Gasteiger partial charge in [0.2, 0.25) is 11.9 Å². The van der Waals surface area contributed by atoms with Crippen LogP contribution in [0.4, 0.5) is 11.9 Å². The molecule has 1 aromatic carbocycles. The molecular weight excluding hydrogens is 285 g/mol. The lowest BCUT2D eigenvalue weighted by Crippen LogP contribution is -2.15. The van der Waals surface area contributed by atoms with Crippen LogP contribution in [0.3, 0.4) is 0 Å². The number of hydrogen-bond acceptors (Lipinski definition) is 5. The maximum atomic E-state index is 5.99. The van der Waals surface area contributed by atoms with Gasteiger partial charge in [-0.25, -0.2) is 0 Å². The lowest BCUT2D eigenvalue weighted by atomic mass is 10.2. The number of nitrogens with zero attached hydrogens (tertiary/aromatic N) is 4. The van der Waals surface area contributed by atoms with Gasteiger partial charge in [0.05, 0.1) is 0 Å². The first-order chi connectivity index (χ1) is 8.99. The SMILES string of the molecule is CNc1nc(-c2cc(Cl)cc(Cl)c2)nc(N(C)C)n1. The molecule has 5 nitrogen and oxygen atoms in total. The summed E-state index contributed by atoms with van der Waals surface area (Å²) in [7, 11) is 5.48. The molecule has 0 saturated carbocycles. The van der Waals surface area contributed by atoms with Gasteiger partial charge in [0.15, 0.2) is 5.82 Å². The lowest BCUT2D eigenvalue weighted by molar-refractivity contribution is 0.963. The summed E-state index contributed by atoms with van der Waals surface area (Å²) >= 11 is 12.0. The van der Waals surface area contributed by atoms with E-state index in [2.05, 4.69) is 20.3 Å². The lowest BCUT2D eigenvalue weighted by Gasteiger charge is -2.12. The summed E-state index contributed by atoms with van der Waals surface area (Å²) in [5.74, 6) is 1.57. The van der Waals surface area contributed by atoms with Crippen molar-refractivity contribution < 1.29 is 0 Å². The van der Waals surface area contributed by atoms with E-state index in [4.69, 9.17) is 23.2 Å². The third-order valence-corrected chi connectivity index (χ3v) is 2.80. The number of halogens is 2. The van der Waals surface area contributed by atoms with Crippen molar-refractivity contribution in [1.29, 1.82) is 0 Å². The van der Waals surface area contributed by atoms with E-state index < -0.39 is 0 Å². The molecule has 1 aromatic heterocycles. The summed E-state index contributed by atoms with van der Waals surface area (Å²) in [6.45, 7) is 0. The van der Waals surface area contributed by atoms with Crippen LogP contribution in [-0.2, 0) is 0 Å². The predicted molar refractivity (Wildman–Crippen MR) is 79.2 cm³/mol. The highest BCUT2D eigenvalue weighted by Crippen LogP contribution is 2.26. The van der Waals surface area contributed by atoms with Gasteiger partial charge in [0.1, 0.15) is 0 Å². The molecule has 0 saturated heterocycles. The Morgan fingerprint density at radius 1 is 1.00 bits per heavy atom. The summed E-state index contributed by atoms with van der Waals surface area (Å²) in [5.41, 5.74) is 0.750. The van der Waals surface area contributed by atoms with E-state index in [9.17, 15) is 0 Å². The Labute approximate surface area is 121 Å². The van der Waals surface area contributed by atoms with Crippen LogP contribution in [0.1, 0.15) is 0 Å². The second kappa shape index (κ2) is 5.59. The minimum Gasteiger partial charge on any atom is -0.357 e. The van der Waals surface area contributed by atoms with E-state index in [0.29, 0.717) is 27.8 Å². The molecule has 0 bridgehead atoms. The molecule has 7 heteroatoms. The maximum absolute atomic E-state index is 5.99. The Hall–Kier alpha value is -1.59. The molecule has 2 rings (SSSR count). The topological polar surface area (TPSA) is 53.9 Å². The number of hydrogen-bond donors (Lipinski definition) is 1. The van der Waals surface area contributed by atoms with Crippen LogP contribution in [0.5, 0.6) is 0 Å². The smallest absolute Gasteiger partial charge is 0.230 e. The Kier molecular flexibility index (Phi) is 4.07. The van der Waals surface area contributed by atoms with Crippen LogP contribution >= 0.6 is 23.2 Å². The van der Waals surface area contributed by atoms with Gasteiger partial charge in [-0.3, -0.25) is 0 Å². The first-order valence-corrected chi connectivity index (χ1v) is 6.33. The molecule has 2 aromatic rings. The minimum atomic E-state index is 0.491. The van der Waals surface area contributed by atoms with Crippen molar-refractivity contribution in [3.8, 4) is 11.4 Å². The molecule has 0 unspecified atom stereocenters. The first kappa shape index (κ1) is 13.8. The number of anilines is 2. The van der Waals surface area contributed by atoms with Gasteiger partial charge < -0.3 is 10.2 Å². The van der Waals surface area contributed by atoms with Gasteiger partial charge in [-0.2, -0.15) is 15.0 Å². The average Bonchev–Trinajstić information content (AvgIpc) is 2.37. The third kappa shape index (κ3) is 3.24. The molecule has 100 valence electrons. The van der Waals surface area contributed by atoms with Crippen LogP contribution in [0.25, 0.3) is 11.4 Å². The zero-order valence-corrected chi connectivity index (χ0v) is 12.3. The van der Waals surface area contributed by atoms with Crippen molar-refractivity contribution in [2.75, 3.05) is 31.4 Å². The number of aromatic nitrogens is 3. The van der Waals surface area contributed by atoms with Crippen molar-refractivity contribution in [1.82, 2.24) is 15.0 Å². The average molecular weight is 298 g/mol. The predicted octanol–water partition coefficient (Wildman–Crippen LogP) is 2.95. The molecule has 0 aliphatic carbocycles. The van der Waals surface area contributed by atoms with E-state index in [-0.39, 0.29) is 0 Å². The summed E-state index contributed by atoms with van der Waals surface area (Å²) in [6.07, 6.45) is 0. The van der Waals surface area contributed by atoms with Gasteiger partial charge in [0.25, 0.3) is 0 Å². The molecule has 1 N–H and O–H groups in total. The van der Waals surface area contributed by atoms with Gasteiger partial charge in [-0.05, 0) is 18.2 Å². The van der Waals surface area contributed by atoms with Gasteiger partial charge >= 0.3 is 0 Å². The third-order valence-electron chi connectivity index (χ3n) is 2.37. The Morgan fingerprint density at radius 3 is 2.16 bits per heavy atom. The molecular formula is C12H13Cl2N5. The highest BCUT2D eigenvalue weighted by molar-refractivity contribution is 6.35. The minimum absolute atomic E-state index is 0.491. The highest BCUT2D eigenvalue weighted by Gasteiger charge is 2.10. The summed E-state index contributed by atoms with van der Waals surface area (Å²) in [6, 6.07) is 5.20. The van der Waals surface area contributed by atoms with Crippen molar-refractivity contribution in [3.63, 3.8) is 0 Å². The molecule has 0 aliphatic heterocycles. The fourth-order valence-electron chi connectivity index (χ4n) is 1.49. The largest absolute Gasteiger partial charge is 0.357 e. The van der Waals surface area contributed by atoms with E-state index in [0.717, 1.165) is 5.56 Å². The monoisotopic (exact) mass is 297 g/mol. The summed E-state index contributed by atoms with van der Waals surface area (Å²) < 4.78 is 0. The quantitative estimate of drug-likeness (QED) is 0.944. The normalized spacial score (nSPS) is 10.4. The second-order valence-corrected chi connectivity index (χ2v) is 4.96. The fraction of sp³-hybridized carbons (Fsp3) is 0.250. The zero-order valence-electron chi connectivity index (χ0n) is 10.8. The van der Waals surface area contributed by atoms with E-state index in [1.165, 1.54) is 0 Å². The van der Waals surface area contributed by atoms with Gasteiger partial charge in [0, 0.05) is 36.8 Å². The maximum Gasteiger partial charge on any atom is 0.230 e. The number of nitrogens with one attached hydrogen (secondary N) is 1. The summed E-state index contributed by atoms with van der Waals surface area (Å²) in [4.78, 5) is 14.7. The zero-order chi connectivity index (χ0) is 14.0. The molecule has 0 atom stereocenters. The van der Waals surface area contributed by atoms with Crippen LogP contribution in [0.2, 0.25) is 10.0 Å². The van der Waals surface area contributed by atoms with Crippen molar-refractivity contribution in [2.24, 2.45) is 0 Å². The van der Waals surface area contributed by atoms with Gasteiger partial charge in [-0.1, -0.05) is 23.2 Å². The van der Waals surface area contributed by atoms with Crippen LogP contribution < -0.4 is 10.2 Å². The number of benzene rings is 1. The van der Waals surface area contributed by atoms with E-state index in [1.807, 2.05) is 14.1 Å². The van der Waals surface area contributed by atoms with E-state index >= 15 is 0 Å². The fourth-order valence-corrected chi connectivity index (χ4v) is 2.01. The molecule has 19 heavy (non-hydrogen) atoms. The van der Waals surface area contributed by atoms with Crippen LogP contribution in [-0.4, -0.2) is 36.1 Å². The Bertz CT molecular complexity index is 580. The first-order valence-electron chi connectivity index (χ1n) is 5.57. The van der Waals surface area contributed by atoms with Crippen molar-refractivity contribution in [2.45, 2.75) is 0 Å². The van der Waals surface area contributed by atoms with Crippen LogP contribution in [0, 0.1) is 0 Å². The molecule has 0 amide bonds. The van der Waals surface area contributed by atoms with Crippen LogP contribution in [0.15, 0.2) is 18.2 Å². The Morgan fingerprint density at radius 2 is 1.63 bits per heavy atom. The molecule has 0 fully saturated rings. The molecule has 0 aliphatic rings. The van der Waals surface area contributed by atoms with Crippen molar-refractivity contribution >= 4 is 35.1 Å². The second-order valence-electron chi connectivity index (χ2n) is 4.09. The van der Waals surface area contributed by atoms with Gasteiger partial charge in [-0.15, -0.1) is 0 Å². The molecule has 1 heterocycles. The standard InChI is InChI=1S/C12H13Cl2N5/c1-15-11-16-10(17-12(18-11)19(2)3)7-4-8(13)6-9(14)5-7/h4-6H,1-3H3,(H,15,16,17,18). The molecule has 0 radical (unpaired) electrons. The number of rotatable bonds is 3. The summed E-state index contributed by atoms with van der Waals surface area (Å²) in [5, 5.41) is 3.99. The Balaban J connectivity index is 2.57. The highest BCUT2D eigenvalue weighted by atomic mass is 35.5. The van der Waals surface area contributed by atoms with Crippen molar-refractivity contribution in [3.05, 3.63) is 28.2 Å². The molecule has 0 spiro atoms.